The molecule has 2 fully saturated rings. The molecule has 1 aromatic heterocycles. The Kier molecular flexibility index (Phi) is 4.54. The van der Waals surface area contributed by atoms with Gasteiger partial charge in [-0.05, 0) is 25.0 Å². The van der Waals surface area contributed by atoms with Crippen molar-refractivity contribution in [2.45, 2.75) is 25.1 Å². The average molecular weight is 315 g/mol. The minimum atomic E-state index is -4.32. The van der Waals surface area contributed by atoms with E-state index in [9.17, 15) is 13.2 Å². The highest BCUT2D eigenvalue weighted by atomic mass is 19.4. The molecule has 0 spiro atoms. The number of pyridine rings is 1. The molecule has 22 heavy (non-hydrogen) atoms. The van der Waals surface area contributed by atoms with Crippen LogP contribution < -0.4 is 4.90 Å². The number of piperidine rings is 1. The van der Waals surface area contributed by atoms with Crippen molar-refractivity contribution >= 4 is 5.82 Å². The third-order valence-corrected chi connectivity index (χ3v) is 4.36. The Morgan fingerprint density at radius 3 is 2.68 bits per heavy atom. The molecule has 4 nitrogen and oxygen atoms in total. The van der Waals surface area contributed by atoms with Gasteiger partial charge in [-0.15, -0.1) is 0 Å². The standard InChI is InChI=1S/C15H20F3N3O/c16-15(17,18)12-3-4-19-14(10-12)21-5-1-2-13(11-21)20-6-8-22-9-7-20/h3-4,10,13H,1-2,5-9,11H2/t13-/m1/s1. The quantitative estimate of drug-likeness (QED) is 0.838. The van der Waals surface area contributed by atoms with Crippen molar-refractivity contribution in [1.82, 2.24) is 9.88 Å². The largest absolute Gasteiger partial charge is 0.416 e. The average Bonchev–Trinajstić information content (AvgIpc) is 2.55. The van der Waals surface area contributed by atoms with Gasteiger partial charge in [0, 0.05) is 38.4 Å². The Labute approximate surface area is 127 Å². The van der Waals surface area contributed by atoms with E-state index < -0.39 is 11.7 Å². The maximum absolute atomic E-state index is 12.8. The highest BCUT2D eigenvalue weighted by molar-refractivity contribution is 5.42. The Morgan fingerprint density at radius 2 is 1.95 bits per heavy atom. The van der Waals surface area contributed by atoms with Gasteiger partial charge in [-0.25, -0.2) is 4.98 Å². The van der Waals surface area contributed by atoms with Crippen LogP contribution in [0.3, 0.4) is 0 Å². The van der Waals surface area contributed by atoms with Gasteiger partial charge in [0.1, 0.15) is 5.82 Å². The van der Waals surface area contributed by atoms with Gasteiger partial charge in [0.2, 0.25) is 0 Å². The molecule has 2 aliphatic rings. The first-order valence-electron chi connectivity index (χ1n) is 7.64. The molecule has 0 unspecified atom stereocenters. The van der Waals surface area contributed by atoms with Crippen LogP contribution in [0.5, 0.6) is 0 Å². The Balaban J connectivity index is 1.71. The second kappa shape index (κ2) is 6.42. The maximum Gasteiger partial charge on any atom is 0.416 e. The van der Waals surface area contributed by atoms with E-state index in [1.54, 1.807) is 0 Å². The summed E-state index contributed by atoms with van der Waals surface area (Å²) in [6, 6.07) is 2.54. The van der Waals surface area contributed by atoms with Crippen LogP contribution >= 0.6 is 0 Å². The summed E-state index contributed by atoms with van der Waals surface area (Å²) in [5.74, 6) is 0.424. The van der Waals surface area contributed by atoms with Crippen molar-refractivity contribution in [3.05, 3.63) is 23.9 Å². The first kappa shape index (κ1) is 15.6. The molecule has 0 saturated carbocycles. The summed E-state index contributed by atoms with van der Waals surface area (Å²) in [6.07, 6.45) is -1.02. The van der Waals surface area contributed by atoms with Crippen LogP contribution in [0.1, 0.15) is 18.4 Å². The van der Waals surface area contributed by atoms with Gasteiger partial charge in [0.15, 0.2) is 0 Å². The second-order valence-electron chi connectivity index (χ2n) is 5.79. The normalized spacial score (nSPS) is 24.5. The number of morpholine rings is 1. The first-order valence-corrected chi connectivity index (χ1v) is 7.64. The van der Waals surface area contributed by atoms with E-state index in [-0.39, 0.29) is 0 Å². The highest BCUT2D eigenvalue weighted by Crippen LogP contribution is 2.31. The van der Waals surface area contributed by atoms with Gasteiger partial charge >= 0.3 is 6.18 Å². The van der Waals surface area contributed by atoms with Crippen molar-refractivity contribution in [3.8, 4) is 0 Å². The van der Waals surface area contributed by atoms with Gasteiger partial charge in [-0.2, -0.15) is 13.2 Å². The molecule has 0 radical (unpaired) electrons. The molecule has 1 aromatic rings. The van der Waals surface area contributed by atoms with Gasteiger partial charge < -0.3 is 9.64 Å². The topological polar surface area (TPSA) is 28.6 Å². The third kappa shape index (κ3) is 3.52. The first-order chi connectivity index (χ1) is 10.5. The maximum atomic E-state index is 12.8. The smallest absolute Gasteiger partial charge is 0.379 e. The van der Waals surface area contributed by atoms with E-state index >= 15 is 0 Å². The zero-order valence-electron chi connectivity index (χ0n) is 12.4. The Bertz CT molecular complexity index is 503. The van der Waals surface area contributed by atoms with Gasteiger partial charge in [0.05, 0.1) is 18.8 Å². The van der Waals surface area contributed by atoms with Gasteiger partial charge in [-0.1, -0.05) is 0 Å². The molecule has 3 rings (SSSR count). The lowest BCUT2D eigenvalue weighted by Gasteiger charge is -2.41. The second-order valence-corrected chi connectivity index (χ2v) is 5.79. The summed E-state index contributed by atoms with van der Waals surface area (Å²) in [4.78, 5) is 8.49. The monoisotopic (exact) mass is 315 g/mol. The molecular weight excluding hydrogens is 295 g/mol. The SMILES string of the molecule is FC(F)(F)c1ccnc(N2CCC[C@@H](N3CCOCC3)C2)c1. The number of alkyl halides is 3. The molecule has 1 atom stereocenters. The van der Waals surface area contributed by atoms with E-state index in [0.29, 0.717) is 11.9 Å². The molecule has 2 saturated heterocycles. The van der Waals surface area contributed by atoms with E-state index in [4.69, 9.17) is 4.74 Å². The zero-order valence-corrected chi connectivity index (χ0v) is 12.4. The number of ether oxygens (including phenoxy) is 1. The minimum Gasteiger partial charge on any atom is -0.379 e. The molecule has 0 aromatic carbocycles. The van der Waals surface area contributed by atoms with Crippen molar-refractivity contribution in [1.29, 1.82) is 0 Å². The van der Waals surface area contributed by atoms with Crippen molar-refractivity contribution in [2.24, 2.45) is 0 Å². The van der Waals surface area contributed by atoms with Crippen LogP contribution in [0.2, 0.25) is 0 Å². The van der Waals surface area contributed by atoms with Crippen molar-refractivity contribution in [3.63, 3.8) is 0 Å². The molecule has 0 aliphatic carbocycles. The lowest BCUT2D eigenvalue weighted by atomic mass is 10.0. The van der Waals surface area contributed by atoms with E-state index in [1.807, 2.05) is 4.90 Å². The third-order valence-electron chi connectivity index (χ3n) is 4.36. The summed E-state index contributed by atoms with van der Waals surface area (Å²) < 4.78 is 43.9. The number of anilines is 1. The molecule has 122 valence electrons. The Hall–Kier alpha value is -1.34. The van der Waals surface area contributed by atoms with Crippen LogP contribution in [-0.4, -0.2) is 55.3 Å². The number of halogens is 3. The molecule has 0 N–H and O–H groups in total. The fraction of sp³-hybridized carbons (Fsp3) is 0.667. The summed E-state index contributed by atoms with van der Waals surface area (Å²) >= 11 is 0. The summed E-state index contributed by atoms with van der Waals surface area (Å²) in [5, 5.41) is 0. The van der Waals surface area contributed by atoms with E-state index in [2.05, 4.69) is 9.88 Å². The van der Waals surface area contributed by atoms with E-state index in [1.165, 1.54) is 6.20 Å². The zero-order chi connectivity index (χ0) is 15.6. The molecule has 3 heterocycles. The van der Waals surface area contributed by atoms with Crippen molar-refractivity contribution in [2.75, 3.05) is 44.3 Å². The fourth-order valence-electron chi connectivity index (χ4n) is 3.17. The summed E-state index contributed by atoms with van der Waals surface area (Å²) in [5.41, 5.74) is -0.633. The molecular formula is C15H20F3N3O. The van der Waals surface area contributed by atoms with Crippen LogP contribution in [0.25, 0.3) is 0 Å². The van der Waals surface area contributed by atoms with Crippen LogP contribution in [-0.2, 0) is 10.9 Å². The minimum absolute atomic E-state index is 0.369. The molecule has 0 amide bonds. The van der Waals surface area contributed by atoms with Gasteiger partial charge in [-0.3, -0.25) is 4.90 Å². The van der Waals surface area contributed by atoms with Crippen molar-refractivity contribution < 1.29 is 17.9 Å². The summed E-state index contributed by atoms with van der Waals surface area (Å²) in [7, 11) is 0. The number of hydrogen-bond donors (Lipinski definition) is 0. The van der Waals surface area contributed by atoms with Crippen LogP contribution in [0.15, 0.2) is 18.3 Å². The molecule has 2 aliphatic heterocycles. The van der Waals surface area contributed by atoms with Crippen LogP contribution in [0, 0.1) is 0 Å². The number of hydrogen-bond acceptors (Lipinski definition) is 4. The Morgan fingerprint density at radius 1 is 1.18 bits per heavy atom. The van der Waals surface area contributed by atoms with E-state index in [0.717, 1.165) is 64.4 Å². The predicted molar refractivity (Wildman–Crippen MR) is 76.9 cm³/mol. The molecule has 7 heteroatoms. The summed E-state index contributed by atoms with van der Waals surface area (Å²) in [6.45, 7) is 4.75. The number of rotatable bonds is 2. The van der Waals surface area contributed by atoms with Crippen LogP contribution in [0.4, 0.5) is 19.0 Å². The number of aromatic nitrogens is 1. The number of nitrogens with zero attached hydrogens (tertiary/aromatic N) is 3. The lowest BCUT2D eigenvalue weighted by Crippen LogP contribution is -2.51. The highest BCUT2D eigenvalue weighted by Gasteiger charge is 2.32. The predicted octanol–water partition coefficient (Wildman–Crippen LogP) is 2.40. The lowest BCUT2D eigenvalue weighted by molar-refractivity contribution is -0.137. The molecule has 0 bridgehead atoms. The fourth-order valence-corrected chi connectivity index (χ4v) is 3.17. The van der Waals surface area contributed by atoms with Gasteiger partial charge in [0.25, 0.3) is 0 Å².